The lowest BCUT2D eigenvalue weighted by atomic mass is 9.85. The summed E-state index contributed by atoms with van der Waals surface area (Å²) in [5.41, 5.74) is 5.87. The average molecular weight is 738 g/mol. The van der Waals surface area contributed by atoms with Gasteiger partial charge in [0.1, 0.15) is 6.04 Å². The maximum Gasteiger partial charge on any atom is 0.245 e. The Morgan fingerprint density at radius 1 is 0.824 bits per heavy atom. The minimum absolute atomic E-state index is 0.126. The van der Waals surface area contributed by atoms with Crippen molar-refractivity contribution < 1.29 is 4.79 Å². The van der Waals surface area contributed by atoms with E-state index in [4.69, 9.17) is 23.2 Å². The molecule has 1 aliphatic heterocycles. The van der Waals surface area contributed by atoms with Crippen LogP contribution in [0, 0.1) is 18.8 Å². The van der Waals surface area contributed by atoms with Gasteiger partial charge in [-0.2, -0.15) is 0 Å². The molecule has 1 heterocycles. The largest absolute Gasteiger partial charge is 0.377 e. The van der Waals surface area contributed by atoms with Crippen LogP contribution < -0.4 is 5.32 Å². The summed E-state index contributed by atoms with van der Waals surface area (Å²) in [5.74, 6) is 0.685. The molecule has 0 bridgehead atoms. The maximum atomic E-state index is 14.3. The number of likely N-dealkylation sites (N-methyl/N-ethyl adjacent to an activating group) is 1. The number of piperazine rings is 1. The molecule has 0 spiro atoms. The zero-order chi connectivity index (χ0) is 37.9. The van der Waals surface area contributed by atoms with Crippen molar-refractivity contribution in [1.29, 1.82) is 0 Å². The summed E-state index contributed by atoms with van der Waals surface area (Å²) >= 11 is 12.4. The monoisotopic (exact) mass is 736 g/mol. The van der Waals surface area contributed by atoms with Crippen LogP contribution in [0.15, 0.2) is 85.1 Å². The number of nitrogens with one attached hydrogen (secondary N) is 1. The Morgan fingerprint density at radius 3 is 1.86 bits per heavy atom. The van der Waals surface area contributed by atoms with Crippen LogP contribution >= 0.6 is 23.2 Å². The molecule has 1 N–H and O–H groups in total. The molecule has 51 heavy (non-hydrogen) atoms. The van der Waals surface area contributed by atoms with E-state index in [0.29, 0.717) is 30.5 Å². The number of rotatable bonds is 15. The average Bonchev–Trinajstić information content (AvgIpc) is 3.13. The van der Waals surface area contributed by atoms with Gasteiger partial charge in [-0.3, -0.25) is 9.69 Å². The summed E-state index contributed by atoms with van der Waals surface area (Å²) < 4.78 is 0. The summed E-state index contributed by atoms with van der Waals surface area (Å²) in [5, 5.41) is 5.10. The number of carbonyl (C=O) groups excluding carboxylic acids is 1. The first-order valence-electron chi connectivity index (χ1n) is 19.3. The number of nitrogens with zero attached hydrogens (tertiary/aromatic N) is 3. The van der Waals surface area contributed by atoms with Crippen LogP contribution in [0.25, 0.3) is 0 Å². The predicted molar refractivity (Wildman–Crippen MR) is 222 cm³/mol. The fraction of sp³-hybridized carbons (Fsp3) is 0.523. The van der Waals surface area contributed by atoms with Gasteiger partial charge in [-0.25, -0.2) is 0 Å². The number of hydrogen-bond acceptors (Lipinski definition) is 4. The number of allylic oxidation sites excluding steroid dienone is 1. The van der Waals surface area contributed by atoms with Crippen molar-refractivity contribution in [3.05, 3.63) is 117 Å². The minimum Gasteiger partial charge on any atom is -0.377 e. The molecule has 1 fully saturated rings. The zero-order valence-electron chi connectivity index (χ0n) is 33.0. The first kappa shape index (κ1) is 44.3. The SMILES string of the molecule is C=C(NC(Cc1ccc(Cl)cc1)C(=O)N1CCN(C(CN(CC)CC)c2ccc(Cl)cc2)CC1)C(Cc1ccccc1C)C(C)C.CC.CCC. The highest BCUT2D eigenvalue weighted by atomic mass is 35.5. The molecule has 3 aromatic carbocycles. The van der Waals surface area contributed by atoms with Crippen molar-refractivity contribution >= 4 is 29.1 Å². The summed E-state index contributed by atoms with van der Waals surface area (Å²) in [4.78, 5) is 21.4. The third-order valence-corrected chi connectivity index (χ3v) is 10.1. The summed E-state index contributed by atoms with van der Waals surface area (Å²) in [6.07, 6.45) is 2.70. The van der Waals surface area contributed by atoms with Crippen LogP contribution in [0.2, 0.25) is 10.0 Å². The van der Waals surface area contributed by atoms with Gasteiger partial charge in [0.2, 0.25) is 5.91 Å². The van der Waals surface area contributed by atoms with E-state index in [0.717, 1.165) is 55.4 Å². The lowest BCUT2D eigenvalue weighted by molar-refractivity contribution is -0.135. The molecule has 3 atom stereocenters. The molecule has 282 valence electrons. The van der Waals surface area contributed by atoms with Crippen molar-refractivity contribution in [2.75, 3.05) is 45.8 Å². The Hall–Kier alpha value is -2.83. The molecular weight excluding hydrogens is 671 g/mol. The summed E-state index contributed by atoms with van der Waals surface area (Å²) in [6, 6.07) is 24.4. The third kappa shape index (κ3) is 14.3. The lowest BCUT2D eigenvalue weighted by Gasteiger charge is -2.42. The Kier molecular flexibility index (Phi) is 20.6. The fourth-order valence-electron chi connectivity index (χ4n) is 6.54. The molecule has 1 aliphatic rings. The highest BCUT2D eigenvalue weighted by Gasteiger charge is 2.32. The first-order valence-corrected chi connectivity index (χ1v) is 20.0. The molecule has 1 saturated heterocycles. The number of amides is 1. The van der Waals surface area contributed by atoms with Crippen LogP contribution in [0.5, 0.6) is 0 Å². The van der Waals surface area contributed by atoms with E-state index < -0.39 is 6.04 Å². The highest BCUT2D eigenvalue weighted by Crippen LogP contribution is 2.27. The van der Waals surface area contributed by atoms with E-state index in [2.05, 4.69) is 107 Å². The molecule has 3 unspecified atom stereocenters. The molecule has 3 aromatic rings. The van der Waals surface area contributed by atoms with Crippen molar-refractivity contribution in [2.45, 2.75) is 93.7 Å². The van der Waals surface area contributed by atoms with Gasteiger partial charge in [0, 0.05) is 66.8 Å². The molecular formula is C44H66Cl2N4O. The molecule has 4 rings (SSSR count). The Morgan fingerprint density at radius 2 is 1.35 bits per heavy atom. The standard InChI is InChI=1S/C39H52Cl2N4O.C3H8.C2H6/c1-7-43(8-2)27-38(32-15-19-35(41)20-16-32)44-21-23-45(24-22-44)39(46)37(25-31-13-17-34(40)18-14-31)42-30(6)36(28(3)4)26-33-12-10-9-11-29(33)5;1-3-2;1-2/h9-20,28,36-38,42H,6-8,21-27H2,1-5H3;3H2,1-2H3;1-2H3. The minimum atomic E-state index is -0.416. The molecule has 7 heteroatoms. The number of benzene rings is 3. The zero-order valence-corrected chi connectivity index (χ0v) is 34.5. The second kappa shape index (κ2) is 23.7. The summed E-state index contributed by atoms with van der Waals surface area (Å²) in [7, 11) is 0. The van der Waals surface area contributed by atoms with E-state index in [1.807, 2.05) is 55.1 Å². The molecule has 5 nitrogen and oxygen atoms in total. The van der Waals surface area contributed by atoms with E-state index in [-0.39, 0.29) is 17.9 Å². The number of carbonyl (C=O) groups is 1. The van der Waals surface area contributed by atoms with Crippen LogP contribution in [0.4, 0.5) is 0 Å². The van der Waals surface area contributed by atoms with Crippen molar-refractivity contribution in [1.82, 2.24) is 20.0 Å². The molecule has 0 saturated carbocycles. The third-order valence-electron chi connectivity index (χ3n) is 9.61. The Labute approximate surface area is 321 Å². The van der Waals surface area contributed by atoms with Gasteiger partial charge >= 0.3 is 0 Å². The van der Waals surface area contributed by atoms with E-state index in [9.17, 15) is 4.79 Å². The van der Waals surface area contributed by atoms with Gasteiger partial charge in [-0.05, 0) is 78.9 Å². The van der Waals surface area contributed by atoms with Crippen molar-refractivity contribution in [3.8, 4) is 0 Å². The Bertz CT molecular complexity index is 1410. The number of aryl methyl sites for hydroxylation is 1. The quantitative estimate of drug-likeness (QED) is 0.169. The molecule has 0 aromatic heterocycles. The fourth-order valence-corrected chi connectivity index (χ4v) is 6.79. The van der Waals surface area contributed by atoms with Gasteiger partial charge in [-0.15, -0.1) is 0 Å². The van der Waals surface area contributed by atoms with Crippen LogP contribution in [0.3, 0.4) is 0 Å². The second-order valence-corrected chi connectivity index (χ2v) is 14.5. The van der Waals surface area contributed by atoms with Crippen LogP contribution in [-0.4, -0.2) is 72.5 Å². The number of hydrogen-bond donors (Lipinski definition) is 1. The van der Waals surface area contributed by atoms with Gasteiger partial charge in [0.05, 0.1) is 0 Å². The Balaban J connectivity index is 0.00000171. The molecule has 0 aliphatic carbocycles. The van der Waals surface area contributed by atoms with Crippen molar-refractivity contribution in [2.24, 2.45) is 11.8 Å². The van der Waals surface area contributed by atoms with Gasteiger partial charge in [-0.1, -0.05) is 140 Å². The second-order valence-electron chi connectivity index (χ2n) is 13.7. The maximum absolute atomic E-state index is 14.3. The van der Waals surface area contributed by atoms with Gasteiger partial charge in [0.25, 0.3) is 0 Å². The van der Waals surface area contributed by atoms with E-state index in [1.165, 1.54) is 23.1 Å². The lowest BCUT2D eigenvalue weighted by Crippen LogP contribution is -2.56. The van der Waals surface area contributed by atoms with Gasteiger partial charge in [0.15, 0.2) is 0 Å². The summed E-state index contributed by atoms with van der Waals surface area (Å²) in [6.45, 7) is 29.8. The smallest absolute Gasteiger partial charge is 0.245 e. The topological polar surface area (TPSA) is 38.8 Å². The van der Waals surface area contributed by atoms with Crippen molar-refractivity contribution in [3.63, 3.8) is 0 Å². The van der Waals surface area contributed by atoms with E-state index in [1.54, 1.807) is 0 Å². The highest BCUT2D eigenvalue weighted by molar-refractivity contribution is 6.30. The molecule has 0 radical (unpaired) electrons. The normalized spacial score (nSPS) is 14.9. The molecule has 1 amide bonds. The van der Waals surface area contributed by atoms with Crippen LogP contribution in [0.1, 0.15) is 90.1 Å². The first-order chi connectivity index (χ1) is 24.5. The van der Waals surface area contributed by atoms with E-state index >= 15 is 0 Å². The van der Waals surface area contributed by atoms with Crippen LogP contribution in [-0.2, 0) is 17.6 Å². The van der Waals surface area contributed by atoms with Gasteiger partial charge < -0.3 is 15.1 Å². The predicted octanol–water partition coefficient (Wildman–Crippen LogP) is 10.5. The number of halogens is 2.